The summed E-state index contributed by atoms with van der Waals surface area (Å²) in [4.78, 5) is 26.8. The highest BCUT2D eigenvalue weighted by molar-refractivity contribution is 5.54. The Balaban J connectivity index is 1.67. The fourth-order valence-corrected chi connectivity index (χ4v) is 5.55. The van der Waals surface area contributed by atoms with Gasteiger partial charge in [0.1, 0.15) is 18.1 Å². The lowest BCUT2D eigenvalue weighted by molar-refractivity contribution is -0.0404. The second kappa shape index (κ2) is 10.4. The van der Waals surface area contributed by atoms with Gasteiger partial charge in [-0.2, -0.15) is 0 Å². The Hall–Kier alpha value is -3.98. The molecule has 1 fully saturated rings. The number of methoxy groups -OCH3 is 1. The number of aliphatic hydroxyl groups is 1. The van der Waals surface area contributed by atoms with Gasteiger partial charge in [-0.3, -0.25) is 14.3 Å². The maximum atomic E-state index is 12.6. The Morgan fingerprint density at radius 3 is 2.08 bits per heavy atom. The average Bonchev–Trinajstić information content (AvgIpc) is 3.33. The Kier molecular flexibility index (Phi) is 7.03. The van der Waals surface area contributed by atoms with Crippen molar-refractivity contribution in [2.24, 2.45) is 5.73 Å². The second-order valence-corrected chi connectivity index (χ2v) is 9.63. The van der Waals surface area contributed by atoms with E-state index in [9.17, 15) is 14.7 Å². The van der Waals surface area contributed by atoms with Crippen LogP contribution in [0.25, 0.3) is 0 Å². The van der Waals surface area contributed by atoms with Crippen LogP contribution < -0.4 is 21.7 Å². The first kappa shape index (κ1) is 25.7. The van der Waals surface area contributed by atoms with Gasteiger partial charge < -0.3 is 20.3 Å². The Morgan fingerprint density at radius 1 is 0.974 bits per heavy atom. The molecule has 1 aromatic heterocycles. The summed E-state index contributed by atoms with van der Waals surface area (Å²) < 4.78 is 13.1. The summed E-state index contributed by atoms with van der Waals surface area (Å²) in [7, 11) is 1.62. The van der Waals surface area contributed by atoms with Crippen molar-refractivity contribution >= 4 is 0 Å². The Labute approximate surface area is 220 Å². The molecule has 4 N–H and O–H groups in total. The molecule has 1 aliphatic rings. The summed E-state index contributed by atoms with van der Waals surface area (Å²) in [6.07, 6.45) is -0.978. The number of ether oxygens (including phenoxy) is 2. The number of aromatic amines is 1. The van der Waals surface area contributed by atoms with Crippen molar-refractivity contribution < 1.29 is 14.6 Å². The van der Waals surface area contributed by atoms with Crippen LogP contribution in [0.5, 0.6) is 5.75 Å². The number of aryl methyl sites for hydroxylation is 1. The van der Waals surface area contributed by atoms with Crippen molar-refractivity contribution in [1.29, 1.82) is 0 Å². The number of hydrogen-bond acceptors (Lipinski definition) is 6. The molecule has 0 saturated carbocycles. The molecule has 1 aliphatic heterocycles. The zero-order valence-electron chi connectivity index (χ0n) is 21.3. The number of aromatic nitrogens is 2. The summed E-state index contributed by atoms with van der Waals surface area (Å²) in [6, 6.07) is 26.8. The van der Waals surface area contributed by atoms with Gasteiger partial charge >= 0.3 is 5.69 Å². The quantitative estimate of drug-likeness (QED) is 0.327. The lowest BCUT2D eigenvalue weighted by Gasteiger charge is -2.43. The van der Waals surface area contributed by atoms with E-state index >= 15 is 0 Å². The molecule has 2 unspecified atom stereocenters. The van der Waals surface area contributed by atoms with Gasteiger partial charge in [0.15, 0.2) is 0 Å². The molecule has 3 aromatic carbocycles. The van der Waals surface area contributed by atoms with Gasteiger partial charge in [-0.15, -0.1) is 0 Å². The molecule has 0 spiro atoms. The van der Waals surface area contributed by atoms with Crippen LogP contribution in [0.1, 0.15) is 34.9 Å². The SMILES string of the molecule is COc1ccc(C(c2ccccc2)(c2ccccc2)C(N)[C@H]2O[C@@H](n3cc(C)c(=O)[nH]c3=O)CC2O)cc1. The van der Waals surface area contributed by atoms with Crippen LogP contribution >= 0.6 is 0 Å². The highest BCUT2D eigenvalue weighted by Crippen LogP contribution is 2.46. The minimum Gasteiger partial charge on any atom is -0.497 e. The number of benzene rings is 3. The average molecular weight is 514 g/mol. The fourth-order valence-electron chi connectivity index (χ4n) is 5.55. The van der Waals surface area contributed by atoms with E-state index in [1.165, 1.54) is 10.8 Å². The number of H-pyrrole nitrogens is 1. The molecule has 5 rings (SSSR count). The van der Waals surface area contributed by atoms with Crippen LogP contribution in [-0.2, 0) is 10.2 Å². The number of nitrogens with zero attached hydrogens (tertiary/aromatic N) is 1. The van der Waals surface area contributed by atoms with E-state index in [0.717, 1.165) is 16.7 Å². The maximum absolute atomic E-state index is 12.6. The highest BCUT2D eigenvalue weighted by Gasteiger charge is 2.51. The first-order valence-corrected chi connectivity index (χ1v) is 12.5. The molecule has 1 saturated heterocycles. The molecular formula is C30H31N3O5. The van der Waals surface area contributed by atoms with Gasteiger partial charge in [0.2, 0.25) is 0 Å². The normalized spacial score (nSPS) is 20.3. The largest absolute Gasteiger partial charge is 0.497 e. The van der Waals surface area contributed by atoms with Crippen LogP contribution in [-0.4, -0.2) is 40.0 Å². The van der Waals surface area contributed by atoms with E-state index in [4.69, 9.17) is 15.2 Å². The smallest absolute Gasteiger partial charge is 0.330 e. The molecule has 0 bridgehead atoms. The van der Waals surface area contributed by atoms with Gasteiger partial charge in [-0.1, -0.05) is 72.8 Å². The molecule has 4 aromatic rings. The third-order valence-corrected chi connectivity index (χ3v) is 7.45. The minimum atomic E-state index is -0.959. The van der Waals surface area contributed by atoms with Crippen LogP contribution in [0, 0.1) is 6.92 Å². The van der Waals surface area contributed by atoms with Crippen LogP contribution in [0.15, 0.2) is 101 Å². The summed E-state index contributed by atoms with van der Waals surface area (Å²) in [5, 5.41) is 11.3. The third kappa shape index (κ3) is 4.36. The maximum Gasteiger partial charge on any atom is 0.330 e. The van der Waals surface area contributed by atoms with Crippen LogP contribution in [0.4, 0.5) is 0 Å². The molecule has 0 radical (unpaired) electrons. The molecule has 4 atom stereocenters. The molecule has 0 amide bonds. The molecular weight excluding hydrogens is 482 g/mol. The molecule has 8 heteroatoms. The second-order valence-electron chi connectivity index (χ2n) is 9.63. The predicted molar refractivity (Wildman–Crippen MR) is 144 cm³/mol. The fraction of sp³-hybridized carbons (Fsp3) is 0.267. The number of rotatable bonds is 7. The van der Waals surface area contributed by atoms with Crippen molar-refractivity contribution in [3.8, 4) is 5.75 Å². The zero-order valence-corrected chi connectivity index (χ0v) is 21.3. The summed E-state index contributed by atoms with van der Waals surface area (Å²) in [5.74, 6) is 0.711. The summed E-state index contributed by atoms with van der Waals surface area (Å²) in [6.45, 7) is 1.61. The number of hydrogen-bond donors (Lipinski definition) is 3. The van der Waals surface area contributed by atoms with Crippen LogP contribution in [0.3, 0.4) is 0 Å². The van der Waals surface area contributed by atoms with Gasteiger partial charge in [0.05, 0.1) is 24.7 Å². The summed E-state index contributed by atoms with van der Waals surface area (Å²) in [5.41, 5.74) is 8.35. The molecule has 0 aliphatic carbocycles. The van der Waals surface area contributed by atoms with E-state index < -0.39 is 41.1 Å². The molecule has 2 heterocycles. The summed E-state index contributed by atoms with van der Waals surface area (Å²) >= 11 is 0. The Morgan fingerprint density at radius 2 is 1.53 bits per heavy atom. The predicted octanol–water partition coefficient (Wildman–Crippen LogP) is 2.86. The minimum absolute atomic E-state index is 0.145. The monoisotopic (exact) mass is 513 g/mol. The standard InChI is InChI=1S/C30H31N3O5/c1-19-18-33(29(36)32-28(19)35)25-17-24(34)26(38-25)27(31)30(20-9-5-3-6-10-20,21-11-7-4-8-12-21)22-13-15-23(37-2)16-14-22/h3-16,18,24-27,34H,17,31H2,1-2H3,(H,32,35,36)/t24?,25-,26+,27?/m1/s1. The van der Waals surface area contributed by atoms with Gasteiger partial charge in [0.25, 0.3) is 5.56 Å². The lowest BCUT2D eigenvalue weighted by atomic mass is 9.63. The van der Waals surface area contributed by atoms with Gasteiger partial charge in [-0.05, 0) is 35.7 Å². The van der Waals surface area contributed by atoms with E-state index in [2.05, 4.69) is 4.98 Å². The number of nitrogens with two attached hydrogens (primary N) is 1. The van der Waals surface area contributed by atoms with Crippen molar-refractivity contribution in [3.63, 3.8) is 0 Å². The molecule has 196 valence electrons. The first-order valence-electron chi connectivity index (χ1n) is 12.5. The molecule has 8 nitrogen and oxygen atoms in total. The van der Waals surface area contributed by atoms with Crippen molar-refractivity contribution in [2.45, 2.75) is 43.2 Å². The van der Waals surface area contributed by atoms with E-state index in [1.807, 2.05) is 84.9 Å². The van der Waals surface area contributed by atoms with Gasteiger partial charge in [0, 0.05) is 18.2 Å². The van der Waals surface area contributed by atoms with E-state index in [-0.39, 0.29) is 6.42 Å². The topological polar surface area (TPSA) is 120 Å². The molecule has 38 heavy (non-hydrogen) atoms. The third-order valence-electron chi connectivity index (χ3n) is 7.45. The van der Waals surface area contributed by atoms with Crippen LogP contribution in [0.2, 0.25) is 0 Å². The number of aliphatic hydroxyl groups excluding tert-OH is 1. The first-order chi connectivity index (χ1) is 18.4. The van der Waals surface area contributed by atoms with Gasteiger partial charge in [-0.25, -0.2) is 4.79 Å². The lowest BCUT2D eigenvalue weighted by Crippen LogP contribution is -2.56. The van der Waals surface area contributed by atoms with E-state index in [1.54, 1.807) is 14.0 Å². The van der Waals surface area contributed by atoms with Crippen molar-refractivity contribution in [1.82, 2.24) is 9.55 Å². The van der Waals surface area contributed by atoms with Crippen molar-refractivity contribution in [2.75, 3.05) is 7.11 Å². The highest BCUT2D eigenvalue weighted by atomic mass is 16.5. The van der Waals surface area contributed by atoms with Crippen molar-refractivity contribution in [3.05, 3.63) is 134 Å². The Bertz CT molecular complexity index is 1460. The number of nitrogens with one attached hydrogen (secondary N) is 1. The van der Waals surface area contributed by atoms with E-state index in [0.29, 0.717) is 11.3 Å². The zero-order chi connectivity index (χ0) is 26.9.